The molecule has 5 heteroatoms. The number of hydrogen-bond acceptors (Lipinski definition) is 3. The zero-order valence-electron chi connectivity index (χ0n) is 9.25. The molecule has 0 aliphatic carbocycles. The molecule has 84 valence electrons. The zero-order chi connectivity index (χ0) is 11.4. The molecule has 0 amide bonds. The molecule has 0 atom stereocenters. The van der Waals surface area contributed by atoms with E-state index in [0.717, 1.165) is 6.42 Å². The number of rotatable bonds is 4. The summed E-state index contributed by atoms with van der Waals surface area (Å²) >= 11 is 5.94. The number of nitrogens with one attached hydrogen (secondary N) is 1. The first-order valence-electron chi connectivity index (χ1n) is 5.08. The Balaban J connectivity index is 3.04. The molecule has 1 aromatic rings. The molecule has 1 rings (SSSR count). The highest BCUT2D eigenvalue weighted by molar-refractivity contribution is 6.32. The van der Waals surface area contributed by atoms with Gasteiger partial charge < -0.3 is 5.32 Å². The predicted molar refractivity (Wildman–Crippen MR) is 62.6 cm³/mol. The molecule has 1 aromatic heterocycles. The summed E-state index contributed by atoms with van der Waals surface area (Å²) in [6.07, 6.45) is 2.46. The van der Waals surface area contributed by atoms with Gasteiger partial charge in [-0.2, -0.15) is 5.10 Å². The van der Waals surface area contributed by atoms with Crippen LogP contribution in [0.5, 0.6) is 0 Å². The third kappa shape index (κ3) is 2.96. The van der Waals surface area contributed by atoms with Crippen molar-refractivity contribution in [3.8, 4) is 0 Å². The van der Waals surface area contributed by atoms with Crippen molar-refractivity contribution in [2.45, 2.75) is 39.8 Å². The van der Waals surface area contributed by atoms with Gasteiger partial charge in [-0.25, -0.2) is 4.68 Å². The minimum atomic E-state index is -0.232. The Kier molecular flexibility index (Phi) is 4.15. The molecule has 1 N–H and O–H groups in total. The molecule has 1 heterocycles. The van der Waals surface area contributed by atoms with Crippen LogP contribution < -0.4 is 10.9 Å². The second-order valence-electron chi connectivity index (χ2n) is 3.70. The van der Waals surface area contributed by atoms with Crippen LogP contribution in [0.25, 0.3) is 0 Å². The topological polar surface area (TPSA) is 46.9 Å². The highest BCUT2D eigenvalue weighted by Crippen LogP contribution is 2.15. The third-order valence-corrected chi connectivity index (χ3v) is 2.23. The van der Waals surface area contributed by atoms with Crippen molar-refractivity contribution in [3.05, 3.63) is 21.6 Å². The Bertz CT molecular complexity index is 387. The Morgan fingerprint density at radius 1 is 1.60 bits per heavy atom. The number of hydrogen-bond donors (Lipinski definition) is 1. The number of aryl methyl sites for hydroxylation is 1. The molecule has 0 aliphatic heterocycles. The van der Waals surface area contributed by atoms with E-state index in [1.54, 1.807) is 6.20 Å². The minimum Gasteiger partial charge on any atom is -0.380 e. The second kappa shape index (κ2) is 5.16. The van der Waals surface area contributed by atoms with Crippen molar-refractivity contribution in [1.82, 2.24) is 9.78 Å². The van der Waals surface area contributed by atoms with Crippen molar-refractivity contribution in [2.24, 2.45) is 0 Å². The predicted octanol–water partition coefficient (Wildman–Crippen LogP) is 2.13. The molecule has 0 saturated carbocycles. The van der Waals surface area contributed by atoms with E-state index in [-0.39, 0.29) is 16.6 Å². The van der Waals surface area contributed by atoms with Crippen molar-refractivity contribution < 1.29 is 0 Å². The smallest absolute Gasteiger partial charge is 0.287 e. The standard InChI is InChI=1S/C10H16ClN3O/c1-4-5-14-10(15)9(11)8(6-12-14)13-7(2)3/h6-7,13H,4-5H2,1-3H3. The Hall–Kier alpha value is -1.03. The summed E-state index contributed by atoms with van der Waals surface area (Å²) in [7, 11) is 0. The van der Waals surface area contributed by atoms with Gasteiger partial charge in [0.05, 0.1) is 11.9 Å². The number of nitrogens with zero attached hydrogens (tertiary/aromatic N) is 2. The Labute approximate surface area is 94.3 Å². The summed E-state index contributed by atoms with van der Waals surface area (Å²) in [6.45, 7) is 6.55. The maximum absolute atomic E-state index is 11.7. The lowest BCUT2D eigenvalue weighted by Gasteiger charge is -2.12. The van der Waals surface area contributed by atoms with Crippen molar-refractivity contribution in [2.75, 3.05) is 5.32 Å². The molecule has 0 unspecified atom stereocenters. The largest absolute Gasteiger partial charge is 0.380 e. The van der Waals surface area contributed by atoms with Gasteiger partial charge in [0.1, 0.15) is 5.02 Å². The van der Waals surface area contributed by atoms with Gasteiger partial charge in [-0.05, 0) is 20.3 Å². The maximum Gasteiger partial charge on any atom is 0.287 e. The highest BCUT2D eigenvalue weighted by atomic mass is 35.5. The van der Waals surface area contributed by atoms with Gasteiger partial charge in [0, 0.05) is 12.6 Å². The molecule has 0 aliphatic rings. The van der Waals surface area contributed by atoms with E-state index in [9.17, 15) is 4.79 Å². The molecule has 0 spiro atoms. The van der Waals surface area contributed by atoms with Gasteiger partial charge in [0.25, 0.3) is 5.56 Å². The SMILES string of the molecule is CCCn1ncc(NC(C)C)c(Cl)c1=O. The van der Waals surface area contributed by atoms with Gasteiger partial charge in [0.2, 0.25) is 0 Å². The Morgan fingerprint density at radius 2 is 2.27 bits per heavy atom. The van der Waals surface area contributed by atoms with Crippen molar-refractivity contribution >= 4 is 17.3 Å². The van der Waals surface area contributed by atoms with Crippen LogP contribution >= 0.6 is 11.6 Å². The molecule has 0 aromatic carbocycles. The van der Waals surface area contributed by atoms with Crippen molar-refractivity contribution in [1.29, 1.82) is 0 Å². The van der Waals surface area contributed by atoms with Gasteiger partial charge in [-0.15, -0.1) is 0 Å². The summed E-state index contributed by atoms with van der Waals surface area (Å²) in [5.74, 6) is 0. The van der Waals surface area contributed by atoms with Crippen LogP contribution in [0.3, 0.4) is 0 Å². The molecule has 0 radical (unpaired) electrons. The van der Waals surface area contributed by atoms with Crippen molar-refractivity contribution in [3.63, 3.8) is 0 Å². The number of halogens is 1. The van der Waals surface area contributed by atoms with E-state index in [1.807, 2.05) is 20.8 Å². The summed E-state index contributed by atoms with van der Waals surface area (Å²) in [6, 6.07) is 0.228. The summed E-state index contributed by atoms with van der Waals surface area (Å²) < 4.78 is 1.38. The van der Waals surface area contributed by atoms with Crippen LogP contribution in [0.2, 0.25) is 5.02 Å². The van der Waals surface area contributed by atoms with Gasteiger partial charge in [-0.3, -0.25) is 4.79 Å². The first kappa shape index (κ1) is 12.0. The molecule has 15 heavy (non-hydrogen) atoms. The van der Waals surface area contributed by atoms with Gasteiger partial charge in [0.15, 0.2) is 0 Å². The van der Waals surface area contributed by atoms with Gasteiger partial charge in [-0.1, -0.05) is 18.5 Å². The lowest BCUT2D eigenvalue weighted by atomic mass is 10.3. The fraction of sp³-hybridized carbons (Fsp3) is 0.600. The first-order valence-corrected chi connectivity index (χ1v) is 5.46. The molecular formula is C10H16ClN3O. The molecule has 4 nitrogen and oxygen atoms in total. The van der Waals surface area contributed by atoms with Crippen LogP contribution in [0, 0.1) is 0 Å². The molecule has 0 fully saturated rings. The maximum atomic E-state index is 11.7. The first-order chi connectivity index (χ1) is 7.06. The Morgan fingerprint density at radius 3 is 2.80 bits per heavy atom. The van der Waals surface area contributed by atoms with E-state index in [4.69, 9.17) is 11.6 Å². The van der Waals surface area contributed by atoms with E-state index < -0.39 is 0 Å². The fourth-order valence-electron chi connectivity index (χ4n) is 1.25. The fourth-order valence-corrected chi connectivity index (χ4v) is 1.45. The average Bonchev–Trinajstić information content (AvgIpc) is 2.17. The van der Waals surface area contributed by atoms with Crippen LogP contribution in [-0.4, -0.2) is 15.8 Å². The quantitative estimate of drug-likeness (QED) is 0.861. The summed E-state index contributed by atoms with van der Waals surface area (Å²) in [5, 5.41) is 7.33. The van der Waals surface area contributed by atoms with Crippen LogP contribution in [-0.2, 0) is 6.54 Å². The van der Waals surface area contributed by atoms with Crippen LogP contribution in [0.4, 0.5) is 5.69 Å². The van der Waals surface area contributed by atoms with E-state index in [0.29, 0.717) is 12.2 Å². The van der Waals surface area contributed by atoms with E-state index in [2.05, 4.69) is 10.4 Å². The number of anilines is 1. The third-order valence-electron chi connectivity index (χ3n) is 1.86. The van der Waals surface area contributed by atoms with Crippen LogP contribution in [0.15, 0.2) is 11.0 Å². The normalized spacial score (nSPS) is 10.7. The summed E-state index contributed by atoms with van der Waals surface area (Å²) in [4.78, 5) is 11.7. The minimum absolute atomic E-state index is 0.215. The lowest BCUT2D eigenvalue weighted by Crippen LogP contribution is -2.25. The second-order valence-corrected chi connectivity index (χ2v) is 4.08. The average molecular weight is 230 g/mol. The summed E-state index contributed by atoms with van der Waals surface area (Å²) in [5.41, 5.74) is 0.369. The van der Waals surface area contributed by atoms with E-state index in [1.165, 1.54) is 4.68 Å². The highest BCUT2D eigenvalue weighted by Gasteiger charge is 2.08. The zero-order valence-corrected chi connectivity index (χ0v) is 10.0. The van der Waals surface area contributed by atoms with Crippen LogP contribution in [0.1, 0.15) is 27.2 Å². The molecule has 0 saturated heterocycles. The molecule has 0 bridgehead atoms. The molecular weight excluding hydrogens is 214 g/mol. The monoisotopic (exact) mass is 229 g/mol. The lowest BCUT2D eigenvalue weighted by molar-refractivity contribution is 0.568. The number of aromatic nitrogens is 2. The van der Waals surface area contributed by atoms with E-state index >= 15 is 0 Å². The van der Waals surface area contributed by atoms with Gasteiger partial charge >= 0.3 is 0 Å².